The van der Waals surface area contributed by atoms with Crippen molar-refractivity contribution in [3.8, 4) is 0 Å². The summed E-state index contributed by atoms with van der Waals surface area (Å²) < 4.78 is 5.47. The van der Waals surface area contributed by atoms with Gasteiger partial charge in [-0.2, -0.15) is 0 Å². The maximum Gasteiger partial charge on any atom is 0.308 e. The van der Waals surface area contributed by atoms with E-state index in [0.29, 0.717) is 6.61 Å². The monoisotopic (exact) mass is 380 g/mol. The van der Waals surface area contributed by atoms with Crippen LogP contribution in [0, 0.1) is 5.92 Å². The molecular weight excluding hydrogens is 332 g/mol. The van der Waals surface area contributed by atoms with Gasteiger partial charge in [0, 0.05) is 0 Å². The molecule has 160 valence electrons. The van der Waals surface area contributed by atoms with E-state index in [1.54, 1.807) is 0 Å². The predicted octanol–water partition coefficient (Wildman–Crippen LogP) is 8.39. The summed E-state index contributed by atoms with van der Waals surface area (Å²) in [4.78, 5) is 12.0. The minimum atomic E-state index is 0.0363. The van der Waals surface area contributed by atoms with Crippen molar-refractivity contribution in [1.29, 1.82) is 0 Å². The summed E-state index contributed by atoms with van der Waals surface area (Å²) in [6, 6.07) is 0. The molecule has 0 saturated heterocycles. The third kappa shape index (κ3) is 18.3. The summed E-state index contributed by atoms with van der Waals surface area (Å²) in [5, 5.41) is 0. The molecule has 0 amide bonds. The molecule has 0 aromatic rings. The van der Waals surface area contributed by atoms with Crippen LogP contribution in [0.25, 0.3) is 0 Å². The molecule has 0 bridgehead atoms. The lowest BCUT2D eigenvalue weighted by atomic mass is 9.99. The fourth-order valence-corrected chi connectivity index (χ4v) is 3.54. The summed E-state index contributed by atoms with van der Waals surface area (Å²) in [6.07, 6.45) is 25.7. The zero-order chi connectivity index (χ0) is 20.0. The minimum Gasteiger partial charge on any atom is -0.465 e. The zero-order valence-corrected chi connectivity index (χ0v) is 18.8. The number of carbonyl (C=O) groups excluding carboxylic acids is 1. The second-order valence-corrected chi connectivity index (χ2v) is 8.03. The molecule has 0 aromatic carbocycles. The van der Waals surface area contributed by atoms with Crippen LogP contribution >= 0.6 is 0 Å². The van der Waals surface area contributed by atoms with Crippen molar-refractivity contribution < 1.29 is 9.53 Å². The van der Waals surface area contributed by atoms with Gasteiger partial charge < -0.3 is 4.74 Å². The van der Waals surface area contributed by atoms with Crippen LogP contribution in [0.1, 0.15) is 130 Å². The third-order valence-electron chi connectivity index (χ3n) is 5.26. The highest BCUT2D eigenvalue weighted by molar-refractivity contribution is 5.72. The van der Waals surface area contributed by atoms with Gasteiger partial charge in [-0.3, -0.25) is 4.79 Å². The largest absolute Gasteiger partial charge is 0.465 e. The molecule has 27 heavy (non-hydrogen) atoms. The molecule has 0 aliphatic heterocycles. The SMILES string of the molecule is CCCCCCCC/C=C\CCCCCCCOC(=O)C(CCC)CCC. The summed E-state index contributed by atoms with van der Waals surface area (Å²) in [5.41, 5.74) is 0. The van der Waals surface area contributed by atoms with Crippen LogP contribution in [0.4, 0.5) is 0 Å². The Bertz CT molecular complexity index is 329. The van der Waals surface area contributed by atoms with Gasteiger partial charge in [-0.1, -0.05) is 97.1 Å². The molecule has 0 spiro atoms. The molecule has 0 fully saturated rings. The van der Waals surface area contributed by atoms with E-state index in [-0.39, 0.29) is 11.9 Å². The highest BCUT2D eigenvalue weighted by Crippen LogP contribution is 2.16. The number of hydrogen-bond donors (Lipinski definition) is 0. The topological polar surface area (TPSA) is 26.3 Å². The van der Waals surface area contributed by atoms with Crippen LogP contribution in [0.2, 0.25) is 0 Å². The first-order valence-electron chi connectivity index (χ1n) is 12.1. The van der Waals surface area contributed by atoms with Crippen molar-refractivity contribution in [2.24, 2.45) is 5.92 Å². The highest BCUT2D eigenvalue weighted by Gasteiger charge is 2.17. The Hall–Kier alpha value is -0.790. The van der Waals surface area contributed by atoms with Crippen molar-refractivity contribution in [2.45, 2.75) is 130 Å². The number of rotatable bonds is 20. The summed E-state index contributed by atoms with van der Waals surface area (Å²) in [5.74, 6) is 0.164. The van der Waals surface area contributed by atoms with Crippen LogP contribution in [-0.4, -0.2) is 12.6 Å². The van der Waals surface area contributed by atoms with Crippen molar-refractivity contribution in [3.05, 3.63) is 12.2 Å². The Morgan fingerprint density at radius 1 is 0.667 bits per heavy atom. The van der Waals surface area contributed by atoms with Crippen LogP contribution in [0.15, 0.2) is 12.2 Å². The molecule has 0 N–H and O–H groups in total. The van der Waals surface area contributed by atoms with Crippen LogP contribution in [0.5, 0.6) is 0 Å². The average Bonchev–Trinajstić information content (AvgIpc) is 2.67. The molecule has 0 radical (unpaired) electrons. The van der Waals surface area contributed by atoms with Gasteiger partial charge in [-0.15, -0.1) is 0 Å². The Morgan fingerprint density at radius 3 is 1.67 bits per heavy atom. The Kier molecular flexibility index (Phi) is 20.9. The molecule has 0 saturated carbocycles. The van der Waals surface area contributed by atoms with E-state index < -0.39 is 0 Å². The van der Waals surface area contributed by atoms with Gasteiger partial charge in [-0.25, -0.2) is 0 Å². The minimum absolute atomic E-state index is 0.0363. The first-order chi connectivity index (χ1) is 13.3. The smallest absolute Gasteiger partial charge is 0.308 e. The van der Waals surface area contributed by atoms with Crippen LogP contribution < -0.4 is 0 Å². The molecule has 0 aliphatic carbocycles. The molecule has 0 rings (SSSR count). The molecule has 0 heterocycles. The fraction of sp³-hybridized carbons (Fsp3) is 0.880. The van der Waals surface area contributed by atoms with Gasteiger partial charge in [0.1, 0.15) is 0 Å². The Balaban J connectivity index is 3.37. The van der Waals surface area contributed by atoms with Crippen LogP contribution in [0.3, 0.4) is 0 Å². The van der Waals surface area contributed by atoms with Crippen molar-refractivity contribution in [1.82, 2.24) is 0 Å². The van der Waals surface area contributed by atoms with E-state index in [0.717, 1.165) is 32.1 Å². The summed E-state index contributed by atoms with van der Waals surface area (Å²) >= 11 is 0. The van der Waals surface area contributed by atoms with Gasteiger partial charge in [0.15, 0.2) is 0 Å². The number of ether oxygens (including phenoxy) is 1. The molecule has 2 nitrogen and oxygen atoms in total. The molecular formula is C25H48O2. The Morgan fingerprint density at radius 2 is 1.15 bits per heavy atom. The van der Waals surface area contributed by atoms with Gasteiger partial charge in [0.2, 0.25) is 0 Å². The first-order valence-corrected chi connectivity index (χ1v) is 12.1. The van der Waals surface area contributed by atoms with Crippen molar-refractivity contribution in [3.63, 3.8) is 0 Å². The van der Waals surface area contributed by atoms with Crippen LogP contribution in [-0.2, 0) is 9.53 Å². The molecule has 0 atom stereocenters. The van der Waals surface area contributed by atoms with Crippen molar-refractivity contribution >= 4 is 5.97 Å². The normalized spacial score (nSPS) is 11.6. The number of unbranched alkanes of at least 4 members (excludes halogenated alkanes) is 11. The van der Waals surface area contributed by atoms with Gasteiger partial charge in [-0.05, 0) is 44.9 Å². The second-order valence-electron chi connectivity index (χ2n) is 8.03. The molecule has 0 aliphatic rings. The first kappa shape index (κ1) is 26.2. The number of carbonyl (C=O) groups is 1. The van der Waals surface area contributed by atoms with Gasteiger partial charge in [0.05, 0.1) is 12.5 Å². The number of allylic oxidation sites excluding steroid dienone is 2. The Labute approximate surface area is 170 Å². The predicted molar refractivity (Wildman–Crippen MR) is 119 cm³/mol. The molecule has 0 unspecified atom stereocenters. The average molecular weight is 381 g/mol. The summed E-state index contributed by atoms with van der Waals surface area (Å²) in [6.45, 7) is 7.16. The lowest BCUT2D eigenvalue weighted by molar-refractivity contribution is -0.149. The molecule has 2 heteroatoms. The van der Waals surface area contributed by atoms with E-state index in [4.69, 9.17) is 4.74 Å². The van der Waals surface area contributed by atoms with Gasteiger partial charge in [0.25, 0.3) is 0 Å². The fourth-order valence-electron chi connectivity index (χ4n) is 3.54. The lowest BCUT2D eigenvalue weighted by Crippen LogP contribution is -2.18. The maximum atomic E-state index is 12.0. The standard InChI is InChI=1S/C25H48O2/c1-4-7-8-9-10-11-12-13-14-15-16-17-18-19-20-23-27-25(26)24(21-5-2)22-6-3/h13-14,24H,4-12,15-23H2,1-3H3/b14-13-. The van der Waals surface area contributed by atoms with Crippen molar-refractivity contribution in [2.75, 3.05) is 6.61 Å². The van der Waals surface area contributed by atoms with E-state index in [9.17, 15) is 4.79 Å². The maximum absolute atomic E-state index is 12.0. The number of esters is 1. The van der Waals surface area contributed by atoms with E-state index in [1.165, 1.54) is 77.0 Å². The quantitative estimate of drug-likeness (QED) is 0.120. The zero-order valence-electron chi connectivity index (χ0n) is 18.8. The van der Waals surface area contributed by atoms with Gasteiger partial charge >= 0.3 is 5.97 Å². The highest BCUT2D eigenvalue weighted by atomic mass is 16.5. The lowest BCUT2D eigenvalue weighted by Gasteiger charge is -2.14. The van der Waals surface area contributed by atoms with E-state index in [1.807, 2.05) is 0 Å². The molecule has 0 aromatic heterocycles. The summed E-state index contributed by atoms with van der Waals surface area (Å²) in [7, 11) is 0. The van der Waals surface area contributed by atoms with E-state index >= 15 is 0 Å². The van der Waals surface area contributed by atoms with E-state index in [2.05, 4.69) is 32.9 Å². The third-order valence-corrected chi connectivity index (χ3v) is 5.26. The number of hydrogen-bond acceptors (Lipinski definition) is 2. The second kappa shape index (κ2) is 21.5.